The molecular weight excluding hydrogens is 162 g/mol. The van der Waals surface area contributed by atoms with Crippen molar-refractivity contribution in [1.29, 1.82) is 0 Å². The zero-order chi connectivity index (χ0) is 7.68. The normalized spacial score (nSPS) is 22.9. The lowest BCUT2D eigenvalue weighted by atomic mass is 10.3. The Bertz CT molecular complexity index is 293. The number of aromatic amines is 1. The predicted octanol–water partition coefficient (Wildman–Crippen LogP) is 0.752. The van der Waals surface area contributed by atoms with E-state index in [4.69, 9.17) is 0 Å². The van der Waals surface area contributed by atoms with Crippen molar-refractivity contribution in [2.45, 2.75) is 5.25 Å². The molecule has 2 rings (SSSR count). The van der Waals surface area contributed by atoms with Gasteiger partial charge in [-0.1, -0.05) is 11.8 Å². The van der Waals surface area contributed by atoms with Crippen molar-refractivity contribution in [2.24, 2.45) is 4.99 Å². The second-order valence-electron chi connectivity index (χ2n) is 2.10. The highest BCUT2D eigenvalue weighted by molar-refractivity contribution is 8.13. The van der Waals surface area contributed by atoms with Gasteiger partial charge in [0.25, 0.3) is 5.91 Å². The number of hydrogen-bond donors (Lipinski definition) is 1. The van der Waals surface area contributed by atoms with Gasteiger partial charge in [0.2, 0.25) is 0 Å². The van der Waals surface area contributed by atoms with Gasteiger partial charge in [-0.15, -0.1) is 0 Å². The third-order valence-corrected chi connectivity index (χ3v) is 2.36. The molecule has 0 bridgehead atoms. The molecule has 0 radical (unpaired) electrons. The minimum absolute atomic E-state index is 0.112. The molecule has 1 unspecified atom stereocenters. The second kappa shape index (κ2) is 2.50. The van der Waals surface area contributed by atoms with Crippen LogP contribution in [0.15, 0.2) is 17.3 Å². The molecule has 1 aromatic heterocycles. The third-order valence-electron chi connectivity index (χ3n) is 1.41. The fourth-order valence-corrected chi connectivity index (χ4v) is 1.63. The molecule has 0 aromatic carbocycles. The Balaban J connectivity index is 2.26. The molecule has 1 amide bonds. The van der Waals surface area contributed by atoms with Gasteiger partial charge >= 0.3 is 0 Å². The number of carbonyl (C=O) groups excluding carboxylic acids is 1. The van der Waals surface area contributed by atoms with Gasteiger partial charge in [0, 0.05) is 6.20 Å². The number of thioether (sulfide) groups is 1. The fourth-order valence-electron chi connectivity index (χ4n) is 0.888. The Morgan fingerprint density at radius 2 is 2.55 bits per heavy atom. The van der Waals surface area contributed by atoms with E-state index in [2.05, 4.69) is 15.2 Å². The van der Waals surface area contributed by atoms with Crippen LogP contribution in [0, 0.1) is 0 Å². The molecule has 1 aliphatic rings. The standard InChI is InChI=1S/C6H5N3OS/c10-6-5(11-3-7-6)4-1-2-8-9-4/h1-3,5H,(H,8,9). The third kappa shape index (κ3) is 1.07. The van der Waals surface area contributed by atoms with Crippen LogP contribution in [0.25, 0.3) is 0 Å². The summed E-state index contributed by atoms with van der Waals surface area (Å²) in [5.41, 5.74) is 2.38. The summed E-state index contributed by atoms with van der Waals surface area (Å²) >= 11 is 1.40. The van der Waals surface area contributed by atoms with Crippen LogP contribution < -0.4 is 0 Å². The maximum atomic E-state index is 11.0. The number of hydrogen-bond acceptors (Lipinski definition) is 3. The first-order valence-electron chi connectivity index (χ1n) is 3.09. The fraction of sp³-hybridized carbons (Fsp3) is 0.167. The maximum absolute atomic E-state index is 11.0. The molecule has 56 valence electrons. The van der Waals surface area contributed by atoms with E-state index < -0.39 is 0 Å². The zero-order valence-corrected chi connectivity index (χ0v) is 6.34. The molecule has 0 fully saturated rings. The SMILES string of the molecule is O=C1N=CSC1c1ccn[nH]1. The van der Waals surface area contributed by atoms with Gasteiger partial charge in [-0.25, -0.2) is 4.99 Å². The van der Waals surface area contributed by atoms with Gasteiger partial charge in [-0.05, 0) is 6.07 Å². The van der Waals surface area contributed by atoms with Crippen molar-refractivity contribution in [2.75, 3.05) is 0 Å². The highest BCUT2D eigenvalue weighted by Crippen LogP contribution is 2.30. The summed E-state index contributed by atoms with van der Waals surface area (Å²) < 4.78 is 0. The Labute approximate surface area is 67.1 Å². The van der Waals surface area contributed by atoms with Gasteiger partial charge in [0.1, 0.15) is 5.25 Å². The van der Waals surface area contributed by atoms with Crippen LogP contribution in [0.4, 0.5) is 0 Å². The minimum atomic E-state index is -0.197. The Morgan fingerprint density at radius 3 is 3.09 bits per heavy atom. The number of nitrogens with zero attached hydrogens (tertiary/aromatic N) is 2. The molecule has 1 aromatic rings. The number of rotatable bonds is 1. The molecule has 0 saturated heterocycles. The van der Waals surface area contributed by atoms with Crippen molar-refractivity contribution in [3.63, 3.8) is 0 Å². The zero-order valence-electron chi connectivity index (χ0n) is 5.52. The first-order chi connectivity index (χ1) is 5.38. The highest BCUT2D eigenvalue weighted by Gasteiger charge is 2.24. The van der Waals surface area contributed by atoms with Crippen molar-refractivity contribution < 1.29 is 4.79 Å². The summed E-state index contributed by atoms with van der Waals surface area (Å²) in [6.45, 7) is 0. The summed E-state index contributed by atoms with van der Waals surface area (Å²) in [4.78, 5) is 14.6. The average molecular weight is 167 g/mol. The first kappa shape index (κ1) is 6.60. The number of aliphatic imine (C=N–C) groups is 1. The van der Waals surface area contributed by atoms with Crippen LogP contribution in [-0.4, -0.2) is 21.7 Å². The molecule has 5 heteroatoms. The first-order valence-corrected chi connectivity index (χ1v) is 4.03. The molecule has 2 heterocycles. The lowest BCUT2D eigenvalue weighted by Crippen LogP contribution is -2.01. The largest absolute Gasteiger partial charge is 0.281 e. The summed E-state index contributed by atoms with van der Waals surface area (Å²) in [6.07, 6.45) is 1.63. The van der Waals surface area contributed by atoms with E-state index in [-0.39, 0.29) is 11.2 Å². The van der Waals surface area contributed by atoms with E-state index in [1.54, 1.807) is 17.8 Å². The van der Waals surface area contributed by atoms with E-state index in [0.29, 0.717) is 0 Å². The van der Waals surface area contributed by atoms with Gasteiger partial charge < -0.3 is 0 Å². The van der Waals surface area contributed by atoms with Gasteiger partial charge in [0.05, 0.1) is 11.2 Å². The molecule has 0 saturated carbocycles. The molecule has 0 spiro atoms. The molecular formula is C6H5N3OS. The lowest BCUT2D eigenvalue weighted by Gasteiger charge is -1.99. The minimum Gasteiger partial charge on any atom is -0.281 e. The number of nitrogens with one attached hydrogen (secondary N) is 1. The van der Waals surface area contributed by atoms with E-state index in [0.717, 1.165) is 5.69 Å². The number of amides is 1. The second-order valence-corrected chi connectivity index (χ2v) is 3.06. The van der Waals surface area contributed by atoms with Crippen LogP contribution in [0.3, 0.4) is 0 Å². The van der Waals surface area contributed by atoms with Crippen molar-refractivity contribution in [3.8, 4) is 0 Å². The quantitative estimate of drug-likeness (QED) is 0.671. The van der Waals surface area contributed by atoms with Crippen LogP contribution in [-0.2, 0) is 4.79 Å². The summed E-state index contributed by atoms with van der Waals surface area (Å²) in [6, 6.07) is 1.78. The smallest absolute Gasteiger partial charge is 0.265 e. The maximum Gasteiger partial charge on any atom is 0.265 e. The Hall–Kier alpha value is -1.10. The summed E-state index contributed by atoms with van der Waals surface area (Å²) in [5, 5.41) is 6.30. The van der Waals surface area contributed by atoms with Gasteiger partial charge in [-0.3, -0.25) is 9.89 Å². The highest BCUT2D eigenvalue weighted by atomic mass is 32.2. The van der Waals surface area contributed by atoms with Crippen LogP contribution >= 0.6 is 11.8 Å². The molecule has 0 aliphatic carbocycles. The Kier molecular flexibility index (Phi) is 1.50. The predicted molar refractivity (Wildman–Crippen MR) is 42.4 cm³/mol. The van der Waals surface area contributed by atoms with E-state index in [1.807, 2.05) is 0 Å². The van der Waals surface area contributed by atoms with Crippen molar-refractivity contribution in [3.05, 3.63) is 18.0 Å². The van der Waals surface area contributed by atoms with Crippen molar-refractivity contribution in [1.82, 2.24) is 10.2 Å². The molecule has 1 atom stereocenters. The monoisotopic (exact) mass is 167 g/mol. The number of H-pyrrole nitrogens is 1. The Morgan fingerprint density at radius 1 is 1.64 bits per heavy atom. The number of carbonyl (C=O) groups is 1. The van der Waals surface area contributed by atoms with Crippen LogP contribution in [0.2, 0.25) is 0 Å². The average Bonchev–Trinajstić information content (AvgIpc) is 2.55. The van der Waals surface area contributed by atoms with Crippen LogP contribution in [0.5, 0.6) is 0 Å². The number of aromatic nitrogens is 2. The lowest BCUT2D eigenvalue weighted by molar-refractivity contribution is -0.117. The van der Waals surface area contributed by atoms with Gasteiger partial charge in [0.15, 0.2) is 0 Å². The molecule has 11 heavy (non-hydrogen) atoms. The molecule has 1 aliphatic heterocycles. The van der Waals surface area contributed by atoms with Crippen LogP contribution in [0.1, 0.15) is 10.9 Å². The molecule has 1 N–H and O–H groups in total. The topological polar surface area (TPSA) is 58.1 Å². The van der Waals surface area contributed by atoms with Crippen molar-refractivity contribution >= 4 is 23.2 Å². The summed E-state index contributed by atoms with van der Waals surface area (Å²) in [7, 11) is 0. The van der Waals surface area contributed by atoms with E-state index in [1.165, 1.54) is 11.8 Å². The molecule has 4 nitrogen and oxygen atoms in total. The van der Waals surface area contributed by atoms with E-state index >= 15 is 0 Å². The summed E-state index contributed by atoms with van der Waals surface area (Å²) in [5.74, 6) is -0.112. The van der Waals surface area contributed by atoms with Gasteiger partial charge in [-0.2, -0.15) is 5.10 Å². The van der Waals surface area contributed by atoms with E-state index in [9.17, 15) is 4.79 Å².